The lowest BCUT2D eigenvalue weighted by molar-refractivity contribution is 0.0657. The Bertz CT molecular complexity index is 592. The quantitative estimate of drug-likeness (QED) is 0.845. The molecule has 1 aliphatic heterocycles. The molecule has 2 aliphatic rings. The monoisotopic (exact) mass is 365 g/mol. The van der Waals surface area contributed by atoms with E-state index in [1.165, 1.54) is 30.6 Å². The number of rotatable bonds is 4. The first-order valence-electron chi connectivity index (χ1n) is 9.16. The van der Waals surface area contributed by atoms with Crippen LogP contribution in [0.15, 0.2) is 5.38 Å². The Morgan fingerprint density at radius 1 is 1.16 bits per heavy atom. The Morgan fingerprint density at radius 3 is 2.52 bits per heavy atom. The van der Waals surface area contributed by atoms with Gasteiger partial charge in [0, 0.05) is 44.0 Å². The van der Waals surface area contributed by atoms with Crippen molar-refractivity contribution in [2.75, 3.05) is 32.7 Å². The van der Waals surface area contributed by atoms with Crippen molar-refractivity contribution < 1.29 is 9.59 Å². The fourth-order valence-electron chi connectivity index (χ4n) is 3.43. The van der Waals surface area contributed by atoms with Crippen LogP contribution in [0.1, 0.15) is 47.6 Å². The summed E-state index contributed by atoms with van der Waals surface area (Å²) in [6.07, 6.45) is 6.54. The van der Waals surface area contributed by atoms with Gasteiger partial charge in [0.15, 0.2) is 0 Å². The number of nitrogens with two attached hydrogens (primary N) is 1. The van der Waals surface area contributed by atoms with E-state index in [2.05, 4.69) is 10.3 Å². The number of carbonyl (C=O) groups excluding carboxylic acids is 2. The number of amides is 3. The number of piperazine rings is 1. The third-order valence-electron chi connectivity index (χ3n) is 4.92. The number of hydrogen-bond donors (Lipinski definition) is 2. The van der Waals surface area contributed by atoms with E-state index < -0.39 is 0 Å². The molecule has 0 atom stereocenters. The first-order chi connectivity index (χ1) is 12.2. The summed E-state index contributed by atoms with van der Waals surface area (Å²) in [5.41, 5.74) is 6.02. The van der Waals surface area contributed by atoms with Gasteiger partial charge in [0.25, 0.3) is 5.91 Å². The summed E-state index contributed by atoms with van der Waals surface area (Å²) in [6.45, 7) is 2.80. The largest absolute Gasteiger partial charge is 0.335 e. The summed E-state index contributed by atoms with van der Waals surface area (Å²) in [5.74, 6) is -0.0492. The Balaban J connectivity index is 1.47. The number of aromatic nitrogens is 1. The van der Waals surface area contributed by atoms with Crippen LogP contribution in [0.4, 0.5) is 4.79 Å². The highest BCUT2D eigenvalue weighted by atomic mass is 32.1. The summed E-state index contributed by atoms with van der Waals surface area (Å²) in [6, 6.07) is 0.328. The summed E-state index contributed by atoms with van der Waals surface area (Å²) >= 11 is 1.48. The van der Waals surface area contributed by atoms with Gasteiger partial charge in [-0.05, 0) is 19.4 Å². The topological polar surface area (TPSA) is 91.6 Å². The molecule has 0 bridgehead atoms. The number of nitrogens with zero attached hydrogens (tertiary/aromatic N) is 3. The Labute approximate surface area is 152 Å². The lowest BCUT2D eigenvalue weighted by Gasteiger charge is -2.35. The molecule has 25 heavy (non-hydrogen) atoms. The van der Waals surface area contributed by atoms with Gasteiger partial charge >= 0.3 is 6.03 Å². The minimum atomic E-state index is -0.0492. The SMILES string of the molecule is NCCc1nc(C(=O)N2CCN(C(=O)NC3CCCCC3)CC2)cs1. The van der Waals surface area contributed by atoms with E-state index in [1.54, 1.807) is 10.3 Å². The molecule has 8 heteroatoms. The minimum absolute atomic E-state index is 0.0119. The van der Waals surface area contributed by atoms with E-state index >= 15 is 0 Å². The molecule has 7 nitrogen and oxygen atoms in total. The summed E-state index contributed by atoms with van der Waals surface area (Å²) in [7, 11) is 0. The minimum Gasteiger partial charge on any atom is -0.335 e. The molecule has 0 radical (unpaired) electrons. The van der Waals surface area contributed by atoms with Crippen molar-refractivity contribution in [3.05, 3.63) is 16.1 Å². The van der Waals surface area contributed by atoms with E-state index in [0.29, 0.717) is 50.9 Å². The van der Waals surface area contributed by atoms with Gasteiger partial charge in [0.05, 0.1) is 5.01 Å². The highest BCUT2D eigenvalue weighted by Crippen LogP contribution is 2.18. The molecule has 0 spiro atoms. The van der Waals surface area contributed by atoms with Crippen LogP contribution < -0.4 is 11.1 Å². The molecule has 0 unspecified atom stereocenters. The lowest BCUT2D eigenvalue weighted by atomic mass is 9.96. The van der Waals surface area contributed by atoms with Crippen molar-refractivity contribution in [1.82, 2.24) is 20.1 Å². The summed E-state index contributed by atoms with van der Waals surface area (Å²) in [5, 5.41) is 5.84. The van der Waals surface area contributed by atoms with E-state index in [0.717, 1.165) is 17.8 Å². The van der Waals surface area contributed by atoms with Crippen LogP contribution in [0.3, 0.4) is 0 Å². The first kappa shape index (κ1) is 18.1. The fourth-order valence-corrected chi connectivity index (χ4v) is 4.22. The first-order valence-corrected chi connectivity index (χ1v) is 10.0. The van der Waals surface area contributed by atoms with Gasteiger partial charge in [-0.2, -0.15) is 0 Å². The Morgan fingerprint density at radius 2 is 1.84 bits per heavy atom. The molecule has 1 aromatic heterocycles. The number of nitrogens with one attached hydrogen (secondary N) is 1. The van der Waals surface area contributed by atoms with Gasteiger partial charge in [-0.1, -0.05) is 19.3 Å². The average molecular weight is 366 g/mol. The molecule has 3 N–H and O–H groups in total. The maximum Gasteiger partial charge on any atom is 0.317 e. The summed E-state index contributed by atoms with van der Waals surface area (Å²) < 4.78 is 0. The zero-order valence-electron chi connectivity index (χ0n) is 14.6. The van der Waals surface area contributed by atoms with Gasteiger partial charge in [-0.15, -0.1) is 11.3 Å². The molecule has 138 valence electrons. The number of hydrogen-bond acceptors (Lipinski definition) is 5. The molecule has 2 fully saturated rings. The van der Waals surface area contributed by atoms with Crippen LogP contribution in [0.25, 0.3) is 0 Å². The van der Waals surface area contributed by atoms with Crippen LogP contribution in [0, 0.1) is 0 Å². The maximum atomic E-state index is 12.5. The normalized spacial score (nSPS) is 19.1. The Kier molecular flexibility index (Phi) is 6.25. The standard InChI is InChI=1S/C17H27N5O2S/c18-7-6-15-20-14(12-25-15)16(23)21-8-10-22(11-9-21)17(24)19-13-4-2-1-3-5-13/h12-13H,1-11,18H2,(H,19,24). The lowest BCUT2D eigenvalue weighted by Crippen LogP contribution is -2.54. The van der Waals surface area contributed by atoms with Crippen LogP contribution in [-0.4, -0.2) is 65.5 Å². The smallest absolute Gasteiger partial charge is 0.317 e. The van der Waals surface area contributed by atoms with Crippen molar-refractivity contribution in [3.63, 3.8) is 0 Å². The van der Waals surface area contributed by atoms with Crippen LogP contribution in [-0.2, 0) is 6.42 Å². The predicted molar refractivity (Wildman–Crippen MR) is 97.8 cm³/mol. The predicted octanol–water partition coefficient (Wildman–Crippen LogP) is 1.44. The zero-order valence-corrected chi connectivity index (χ0v) is 15.4. The molecular weight excluding hydrogens is 338 g/mol. The second-order valence-electron chi connectivity index (χ2n) is 6.73. The highest BCUT2D eigenvalue weighted by Gasteiger charge is 2.27. The van der Waals surface area contributed by atoms with E-state index in [-0.39, 0.29) is 11.9 Å². The van der Waals surface area contributed by atoms with Gasteiger partial charge in [-0.25, -0.2) is 9.78 Å². The van der Waals surface area contributed by atoms with E-state index in [1.807, 2.05) is 4.90 Å². The van der Waals surface area contributed by atoms with Crippen LogP contribution in [0.5, 0.6) is 0 Å². The van der Waals surface area contributed by atoms with Crippen molar-refractivity contribution in [2.24, 2.45) is 5.73 Å². The molecule has 3 rings (SSSR count). The second kappa shape index (κ2) is 8.62. The van der Waals surface area contributed by atoms with Gasteiger partial charge in [0.1, 0.15) is 5.69 Å². The molecule has 1 aromatic rings. The van der Waals surface area contributed by atoms with Gasteiger partial charge in [-0.3, -0.25) is 4.79 Å². The zero-order chi connectivity index (χ0) is 17.6. The van der Waals surface area contributed by atoms with Crippen molar-refractivity contribution in [2.45, 2.75) is 44.6 Å². The molecule has 0 aromatic carbocycles. The average Bonchev–Trinajstić information content (AvgIpc) is 3.11. The van der Waals surface area contributed by atoms with Crippen molar-refractivity contribution >= 4 is 23.3 Å². The van der Waals surface area contributed by atoms with E-state index in [9.17, 15) is 9.59 Å². The van der Waals surface area contributed by atoms with E-state index in [4.69, 9.17) is 5.73 Å². The molecule has 2 heterocycles. The molecule has 1 saturated carbocycles. The fraction of sp³-hybridized carbons (Fsp3) is 0.706. The number of carbonyl (C=O) groups is 2. The van der Waals surface area contributed by atoms with Gasteiger partial charge in [0.2, 0.25) is 0 Å². The molecule has 1 saturated heterocycles. The molecule has 1 aliphatic carbocycles. The third kappa shape index (κ3) is 4.70. The van der Waals surface area contributed by atoms with Crippen molar-refractivity contribution in [1.29, 1.82) is 0 Å². The maximum absolute atomic E-state index is 12.5. The molecular formula is C17H27N5O2S. The van der Waals surface area contributed by atoms with Gasteiger partial charge < -0.3 is 20.9 Å². The van der Waals surface area contributed by atoms with Crippen molar-refractivity contribution in [3.8, 4) is 0 Å². The summed E-state index contributed by atoms with van der Waals surface area (Å²) in [4.78, 5) is 32.9. The number of thiazole rings is 1. The number of urea groups is 1. The third-order valence-corrected chi connectivity index (χ3v) is 5.82. The van der Waals surface area contributed by atoms with Crippen LogP contribution >= 0.6 is 11.3 Å². The highest BCUT2D eigenvalue weighted by molar-refractivity contribution is 7.09. The van der Waals surface area contributed by atoms with Crippen LogP contribution in [0.2, 0.25) is 0 Å². The second-order valence-corrected chi connectivity index (χ2v) is 7.67. The molecule has 3 amide bonds. The Hall–Kier alpha value is -1.67.